The highest BCUT2D eigenvalue weighted by atomic mass is 79.9. The van der Waals surface area contributed by atoms with E-state index in [0.29, 0.717) is 0 Å². The van der Waals surface area contributed by atoms with Gasteiger partial charge in [-0.2, -0.15) is 0 Å². The lowest BCUT2D eigenvalue weighted by Gasteiger charge is -2.26. The third kappa shape index (κ3) is 3.09. The molecule has 19 heavy (non-hydrogen) atoms. The molecule has 1 aliphatic heterocycles. The second-order valence-corrected chi connectivity index (χ2v) is 5.48. The number of carbonyl (C=O) groups is 1. The van der Waals surface area contributed by atoms with E-state index < -0.39 is 0 Å². The van der Waals surface area contributed by atoms with E-state index in [9.17, 15) is 4.79 Å². The molecule has 104 valence electrons. The Balaban J connectivity index is 2.29. The number of hydrogen-bond donors (Lipinski definition) is 0. The summed E-state index contributed by atoms with van der Waals surface area (Å²) >= 11 is 3.48. The smallest absolute Gasteiger partial charge is 0.249 e. The van der Waals surface area contributed by atoms with Crippen molar-refractivity contribution >= 4 is 21.8 Å². The predicted molar refractivity (Wildman–Crippen MR) is 76.3 cm³/mol. The number of amides is 1. The third-order valence-corrected chi connectivity index (χ3v) is 3.88. The summed E-state index contributed by atoms with van der Waals surface area (Å²) in [4.78, 5) is 13.9. The SMILES string of the molecule is COCC(=O)N1CCCC1c1cc(Br)ccc1OC. The minimum Gasteiger partial charge on any atom is -0.496 e. The number of hydrogen-bond acceptors (Lipinski definition) is 3. The molecule has 1 fully saturated rings. The van der Waals surface area contributed by atoms with Crippen LogP contribution in [0.15, 0.2) is 22.7 Å². The molecule has 1 atom stereocenters. The molecule has 0 N–H and O–H groups in total. The zero-order valence-electron chi connectivity index (χ0n) is 11.2. The lowest BCUT2D eigenvalue weighted by molar-refractivity contribution is -0.136. The second kappa shape index (κ2) is 6.39. The van der Waals surface area contributed by atoms with Gasteiger partial charge in [-0.3, -0.25) is 4.79 Å². The Morgan fingerprint density at radius 3 is 2.95 bits per heavy atom. The fraction of sp³-hybridized carbons (Fsp3) is 0.500. The average Bonchev–Trinajstić information content (AvgIpc) is 2.88. The average molecular weight is 328 g/mol. The minimum absolute atomic E-state index is 0.0343. The number of likely N-dealkylation sites (tertiary alicyclic amines) is 1. The van der Waals surface area contributed by atoms with Crippen molar-refractivity contribution in [2.75, 3.05) is 27.4 Å². The van der Waals surface area contributed by atoms with Gasteiger partial charge in [-0.1, -0.05) is 15.9 Å². The first-order chi connectivity index (χ1) is 9.17. The van der Waals surface area contributed by atoms with Gasteiger partial charge in [0.1, 0.15) is 12.4 Å². The van der Waals surface area contributed by atoms with Crippen LogP contribution >= 0.6 is 15.9 Å². The molecular formula is C14H18BrNO3. The number of nitrogens with zero attached hydrogens (tertiary/aromatic N) is 1. The van der Waals surface area contributed by atoms with Crippen LogP contribution in [0.2, 0.25) is 0 Å². The molecule has 1 saturated heterocycles. The predicted octanol–water partition coefficient (Wildman–Crippen LogP) is 2.77. The number of benzene rings is 1. The van der Waals surface area contributed by atoms with Crippen molar-refractivity contribution in [3.63, 3.8) is 0 Å². The molecule has 0 saturated carbocycles. The molecule has 1 unspecified atom stereocenters. The van der Waals surface area contributed by atoms with E-state index in [1.807, 2.05) is 23.1 Å². The molecule has 1 aromatic rings. The second-order valence-electron chi connectivity index (χ2n) is 4.56. The molecule has 1 amide bonds. The maximum Gasteiger partial charge on any atom is 0.249 e. The summed E-state index contributed by atoms with van der Waals surface area (Å²) in [6.45, 7) is 0.912. The summed E-state index contributed by atoms with van der Waals surface area (Å²) in [6.07, 6.45) is 1.97. The van der Waals surface area contributed by atoms with Crippen molar-refractivity contribution in [1.29, 1.82) is 0 Å². The molecular weight excluding hydrogens is 310 g/mol. The first-order valence-corrected chi connectivity index (χ1v) is 7.08. The Bertz CT molecular complexity index is 464. The molecule has 1 aromatic carbocycles. The standard InChI is InChI=1S/C14H18BrNO3/c1-18-9-14(17)16-7-3-4-12(16)11-8-10(15)5-6-13(11)19-2/h5-6,8,12H,3-4,7,9H2,1-2H3. The summed E-state index contributed by atoms with van der Waals surface area (Å²) < 4.78 is 11.4. The minimum atomic E-state index is 0.0343. The Morgan fingerprint density at radius 1 is 1.47 bits per heavy atom. The van der Waals surface area contributed by atoms with Crippen molar-refractivity contribution in [2.45, 2.75) is 18.9 Å². The molecule has 2 rings (SSSR count). The topological polar surface area (TPSA) is 38.8 Å². The highest BCUT2D eigenvalue weighted by Crippen LogP contribution is 2.38. The Kier molecular flexibility index (Phi) is 4.82. The van der Waals surface area contributed by atoms with Crippen molar-refractivity contribution in [1.82, 2.24) is 4.90 Å². The normalized spacial score (nSPS) is 18.7. The summed E-state index contributed by atoms with van der Waals surface area (Å²) in [5, 5.41) is 0. The van der Waals surface area contributed by atoms with Crippen LogP contribution in [0.3, 0.4) is 0 Å². The van der Waals surface area contributed by atoms with Crippen molar-refractivity contribution in [3.8, 4) is 5.75 Å². The molecule has 0 radical (unpaired) electrons. The van der Waals surface area contributed by atoms with Gasteiger partial charge in [0, 0.05) is 23.7 Å². The van der Waals surface area contributed by atoms with E-state index in [4.69, 9.17) is 9.47 Å². The maximum atomic E-state index is 12.1. The van der Waals surface area contributed by atoms with E-state index in [2.05, 4.69) is 15.9 Å². The summed E-state index contributed by atoms with van der Waals surface area (Å²) in [7, 11) is 3.20. The maximum absolute atomic E-state index is 12.1. The molecule has 0 aliphatic carbocycles. The highest BCUT2D eigenvalue weighted by molar-refractivity contribution is 9.10. The zero-order valence-corrected chi connectivity index (χ0v) is 12.8. The van der Waals surface area contributed by atoms with Crippen molar-refractivity contribution in [2.24, 2.45) is 0 Å². The molecule has 1 heterocycles. The molecule has 1 aliphatic rings. The number of halogens is 1. The number of carbonyl (C=O) groups excluding carboxylic acids is 1. The molecule has 5 heteroatoms. The van der Waals surface area contributed by atoms with Crippen LogP contribution in [0.1, 0.15) is 24.4 Å². The molecule has 0 bridgehead atoms. The number of rotatable bonds is 4. The quantitative estimate of drug-likeness (QED) is 0.853. The fourth-order valence-electron chi connectivity index (χ4n) is 2.56. The lowest BCUT2D eigenvalue weighted by atomic mass is 10.0. The Morgan fingerprint density at radius 2 is 2.26 bits per heavy atom. The Hall–Kier alpha value is -1.07. The highest BCUT2D eigenvalue weighted by Gasteiger charge is 2.31. The first kappa shape index (κ1) is 14.3. The third-order valence-electron chi connectivity index (χ3n) is 3.39. The van der Waals surface area contributed by atoms with Gasteiger partial charge in [0.25, 0.3) is 0 Å². The molecule has 0 spiro atoms. The summed E-state index contributed by atoms with van der Waals surface area (Å²) in [5.41, 5.74) is 1.05. The number of methoxy groups -OCH3 is 2. The van der Waals surface area contributed by atoms with E-state index >= 15 is 0 Å². The monoisotopic (exact) mass is 327 g/mol. The van der Waals surface area contributed by atoms with E-state index in [1.165, 1.54) is 0 Å². The van der Waals surface area contributed by atoms with Gasteiger partial charge in [0.2, 0.25) is 5.91 Å². The van der Waals surface area contributed by atoms with Gasteiger partial charge >= 0.3 is 0 Å². The van der Waals surface area contributed by atoms with Crippen LogP contribution in [0.25, 0.3) is 0 Å². The van der Waals surface area contributed by atoms with Gasteiger partial charge in [0.05, 0.1) is 13.2 Å². The van der Waals surface area contributed by atoms with Crippen molar-refractivity contribution < 1.29 is 14.3 Å². The van der Waals surface area contributed by atoms with Crippen LogP contribution < -0.4 is 4.74 Å². The van der Waals surface area contributed by atoms with Crippen molar-refractivity contribution in [3.05, 3.63) is 28.2 Å². The largest absolute Gasteiger partial charge is 0.496 e. The zero-order chi connectivity index (χ0) is 13.8. The van der Waals surface area contributed by atoms with Crippen LogP contribution in [0, 0.1) is 0 Å². The molecule has 4 nitrogen and oxygen atoms in total. The van der Waals surface area contributed by atoms with E-state index in [1.54, 1.807) is 14.2 Å². The van der Waals surface area contributed by atoms with Crippen LogP contribution in [-0.4, -0.2) is 38.2 Å². The van der Waals surface area contributed by atoms with E-state index in [0.717, 1.165) is 35.2 Å². The number of ether oxygens (including phenoxy) is 2. The van der Waals surface area contributed by atoms with Crippen LogP contribution in [0.5, 0.6) is 5.75 Å². The summed E-state index contributed by atoms with van der Waals surface area (Å²) in [6, 6.07) is 5.98. The van der Waals surface area contributed by atoms with E-state index in [-0.39, 0.29) is 18.6 Å². The molecule has 0 aromatic heterocycles. The van der Waals surface area contributed by atoms with Crippen LogP contribution in [-0.2, 0) is 9.53 Å². The lowest BCUT2D eigenvalue weighted by Crippen LogP contribution is -2.33. The van der Waals surface area contributed by atoms with Gasteiger partial charge in [-0.25, -0.2) is 0 Å². The van der Waals surface area contributed by atoms with Gasteiger partial charge in [-0.05, 0) is 31.0 Å². The van der Waals surface area contributed by atoms with Gasteiger partial charge < -0.3 is 14.4 Å². The first-order valence-electron chi connectivity index (χ1n) is 6.29. The fourth-order valence-corrected chi connectivity index (χ4v) is 2.94. The van der Waals surface area contributed by atoms with Gasteiger partial charge in [-0.15, -0.1) is 0 Å². The van der Waals surface area contributed by atoms with Crippen LogP contribution in [0.4, 0.5) is 0 Å². The summed E-state index contributed by atoms with van der Waals surface area (Å²) in [5.74, 6) is 0.859. The Labute approximate surface area is 121 Å². The van der Waals surface area contributed by atoms with Gasteiger partial charge in [0.15, 0.2) is 0 Å².